The molecule has 1 heterocycles. The van der Waals surface area contributed by atoms with E-state index in [4.69, 9.17) is 0 Å². The van der Waals surface area contributed by atoms with Gasteiger partial charge in [-0.2, -0.15) is 5.10 Å². The zero-order valence-corrected chi connectivity index (χ0v) is 10.1. The molecule has 90 valence electrons. The van der Waals surface area contributed by atoms with Crippen molar-refractivity contribution in [3.8, 4) is 0 Å². The third-order valence-electron chi connectivity index (χ3n) is 3.70. The van der Waals surface area contributed by atoms with Crippen molar-refractivity contribution >= 4 is 0 Å². The van der Waals surface area contributed by atoms with Crippen LogP contribution >= 0.6 is 0 Å². The van der Waals surface area contributed by atoms with E-state index in [1.165, 1.54) is 25.7 Å². The Labute approximate surface area is 97.2 Å². The van der Waals surface area contributed by atoms with Crippen molar-refractivity contribution in [2.75, 3.05) is 13.1 Å². The number of hydrogen-bond donors (Lipinski definition) is 2. The molecule has 4 heteroatoms. The van der Waals surface area contributed by atoms with Crippen LogP contribution < -0.4 is 5.32 Å². The van der Waals surface area contributed by atoms with E-state index in [2.05, 4.69) is 27.4 Å². The summed E-state index contributed by atoms with van der Waals surface area (Å²) in [6.45, 7) is 4.55. The first-order valence-electron chi connectivity index (χ1n) is 6.41. The quantitative estimate of drug-likeness (QED) is 0.746. The van der Waals surface area contributed by atoms with E-state index in [-0.39, 0.29) is 0 Å². The second-order valence-corrected chi connectivity index (χ2v) is 4.91. The zero-order chi connectivity index (χ0) is 11.2. The molecule has 1 aromatic rings. The molecule has 4 nitrogen and oxygen atoms in total. The van der Waals surface area contributed by atoms with Gasteiger partial charge in [0.25, 0.3) is 0 Å². The molecule has 16 heavy (non-hydrogen) atoms. The third-order valence-corrected chi connectivity index (χ3v) is 3.70. The van der Waals surface area contributed by atoms with Gasteiger partial charge in [0, 0.05) is 13.0 Å². The first kappa shape index (κ1) is 11.6. The first-order chi connectivity index (χ1) is 7.86. The molecule has 1 saturated carbocycles. The van der Waals surface area contributed by atoms with Gasteiger partial charge in [-0.3, -0.25) is 5.10 Å². The highest BCUT2D eigenvalue weighted by Crippen LogP contribution is 2.28. The molecule has 1 aliphatic rings. The summed E-state index contributed by atoms with van der Waals surface area (Å²) >= 11 is 0. The summed E-state index contributed by atoms with van der Waals surface area (Å²) < 4.78 is 0. The third kappa shape index (κ3) is 3.30. The highest BCUT2D eigenvalue weighted by Gasteiger charge is 2.20. The molecule has 0 saturated heterocycles. The van der Waals surface area contributed by atoms with E-state index in [0.717, 1.165) is 37.2 Å². The van der Waals surface area contributed by atoms with Gasteiger partial charge in [0.05, 0.1) is 0 Å². The van der Waals surface area contributed by atoms with Crippen molar-refractivity contribution in [3.05, 3.63) is 12.2 Å². The fraction of sp³-hybridized carbons (Fsp3) is 0.833. The molecule has 0 bridgehead atoms. The Hall–Kier alpha value is -0.900. The summed E-state index contributed by atoms with van der Waals surface area (Å²) in [5, 5.41) is 10.3. The van der Waals surface area contributed by atoms with Crippen molar-refractivity contribution in [1.29, 1.82) is 0 Å². The van der Waals surface area contributed by atoms with Gasteiger partial charge in [-0.1, -0.05) is 26.2 Å². The van der Waals surface area contributed by atoms with Crippen LogP contribution in [0.2, 0.25) is 0 Å². The molecule has 0 radical (unpaired) electrons. The molecule has 0 aliphatic heterocycles. The lowest BCUT2D eigenvalue weighted by atomic mass is 9.80. The van der Waals surface area contributed by atoms with Gasteiger partial charge in [0.15, 0.2) is 0 Å². The molecule has 2 N–H and O–H groups in total. The van der Waals surface area contributed by atoms with Crippen LogP contribution in [-0.2, 0) is 6.42 Å². The molecule has 2 unspecified atom stereocenters. The number of nitrogens with zero attached hydrogens (tertiary/aromatic N) is 2. The number of aromatic nitrogens is 3. The fourth-order valence-corrected chi connectivity index (χ4v) is 2.54. The van der Waals surface area contributed by atoms with E-state index in [9.17, 15) is 0 Å². The monoisotopic (exact) mass is 222 g/mol. The minimum atomic E-state index is 0.878. The van der Waals surface area contributed by atoms with Crippen LogP contribution in [-0.4, -0.2) is 28.3 Å². The Morgan fingerprint density at radius 3 is 3.06 bits per heavy atom. The van der Waals surface area contributed by atoms with Crippen LogP contribution in [0.1, 0.15) is 38.4 Å². The summed E-state index contributed by atoms with van der Waals surface area (Å²) in [6.07, 6.45) is 8.17. The van der Waals surface area contributed by atoms with Gasteiger partial charge in [0.1, 0.15) is 12.2 Å². The van der Waals surface area contributed by atoms with Gasteiger partial charge < -0.3 is 5.32 Å². The predicted octanol–water partition coefficient (Wildman–Crippen LogP) is 1.76. The molecule has 2 rings (SSSR count). The van der Waals surface area contributed by atoms with E-state index in [0.29, 0.717) is 0 Å². The molecular weight excluding hydrogens is 200 g/mol. The van der Waals surface area contributed by atoms with Gasteiger partial charge >= 0.3 is 0 Å². The average Bonchev–Trinajstić information content (AvgIpc) is 2.79. The maximum atomic E-state index is 4.11. The highest BCUT2D eigenvalue weighted by atomic mass is 15.2. The van der Waals surface area contributed by atoms with Crippen LogP contribution in [0.5, 0.6) is 0 Å². The highest BCUT2D eigenvalue weighted by molar-refractivity contribution is 4.81. The van der Waals surface area contributed by atoms with Gasteiger partial charge in [-0.25, -0.2) is 4.98 Å². The number of H-pyrrole nitrogens is 1. The molecule has 1 fully saturated rings. The molecule has 0 amide bonds. The molecular formula is C12H22N4. The second-order valence-electron chi connectivity index (χ2n) is 4.91. The lowest BCUT2D eigenvalue weighted by Gasteiger charge is -2.28. The van der Waals surface area contributed by atoms with Crippen molar-refractivity contribution in [2.45, 2.75) is 39.0 Å². The van der Waals surface area contributed by atoms with Crippen molar-refractivity contribution in [1.82, 2.24) is 20.5 Å². The Morgan fingerprint density at radius 1 is 1.44 bits per heavy atom. The Bertz CT molecular complexity index is 283. The number of nitrogens with one attached hydrogen (secondary N) is 2. The number of rotatable bonds is 5. The van der Waals surface area contributed by atoms with Crippen molar-refractivity contribution in [2.24, 2.45) is 11.8 Å². The van der Waals surface area contributed by atoms with E-state index >= 15 is 0 Å². The fourth-order valence-electron chi connectivity index (χ4n) is 2.54. The second kappa shape index (κ2) is 5.99. The lowest BCUT2D eigenvalue weighted by molar-refractivity contribution is 0.248. The summed E-state index contributed by atoms with van der Waals surface area (Å²) in [5.74, 6) is 2.75. The lowest BCUT2D eigenvalue weighted by Crippen LogP contribution is -2.30. The molecule has 0 aromatic carbocycles. The molecule has 0 spiro atoms. The van der Waals surface area contributed by atoms with Crippen LogP contribution in [0.3, 0.4) is 0 Å². The van der Waals surface area contributed by atoms with Crippen LogP contribution in [0.25, 0.3) is 0 Å². The van der Waals surface area contributed by atoms with E-state index in [1.54, 1.807) is 6.33 Å². The Kier molecular flexibility index (Phi) is 4.34. The van der Waals surface area contributed by atoms with E-state index in [1.807, 2.05) is 0 Å². The zero-order valence-electron chi connectivity index (χ0n) is 10.1. The van der Waals surface area contributed by atoms with Gasteiger partial charge in [0.2, 0.25) is 0 Å². The van der Waals surface area contributed by atoms with Crippen LogP contribution in [0, 0.1) is 11.8 Å². The maximum Gasteiger partial charge on any atom is 0.137 e. The summed E-state index contributed by atoms with van der Waals surface area (Å²) in [4.78, 5) is 4.11. The average molecular weight is 222 g/mol. The van der Waals surface area contributed by atoms with Gasteiger partial charge in [-0.05, 0) is 24.8 Å². The van der Waals surface area contributed by atoms with Crippen LogP contribution in [0.4, 0.5) is 0 Å². The molecule has 1 aromatic heterocycles. The molecule has 2 atom stereocenters. The normalized spacial score (nSPS) is 25.8. The standard InChI is InChI=1S/C12H22N4/c1-10-4-2-3-5-11(10)8-13-7-6-12-14-9-15-16-12/h9-11,13H,2-8H2,1H3,(H,14,15,16). The van der Waals surface area contributed by atoms with Crippen LogP contribution in [0.15, 0.2) is 6.33 Å². The smallest absolute Gasteiger partial charge is 0.137 e. The molecule has 1 aliphatic carbocycles. The van der Waals surface area contributed by atoms with Crippen molar-refractivity contribution < 1.29 is 0 Å². The summed E-state index contributed by atoms with van der Waals surface area (Å²) in [6, 6.07) is 0. The Balaban J connectivity index is 1.60. The number of aromatic amines is 1. The Morgan fingerprint density at radius 2 is 2.31 bits per heavy atom. The topological polar surface area (TPSA) is 53.6 Å². The largest absolute Gasteiger partial charge is 0.316 e. The summed E-state index contributed by atoms with van der Waals surface area (Å²) in [7, 11) is 0. The first-order valence-corrected chi connectivity index (χ1v) is 6.41. The number of hydrogen-bond acceptors (Lipinski definition) is 3. The van der Waals surface area contributed by atoms with Crippen molar-refractivity contribution in [3.63, 3.8) is 0 Å². The SMILES string of the molecule is CC1CCCCC1CNCCc1ncn[nH]1. The predicted molar refractivity (Wildman–Crippen MR) is 64.1 cm³/mol. The summed E-state index contributed by atoms with van der Waals surface area (Å²) in [5.41, 5.74) is 0. The maximum absolute atomic E-state index is 4.11. The minimum absolute atomic E-state index is 0.878. The minimum Gasteiger partial charge on any atom is -0.316 e. The van der Waals surface area contributed by atoms with E-state index < -0.39 is 0 Å². The van der Waals surface area contributed by atoms with Gasteiger partial charge in [-0.15, -0.1) is 0 Å².